The number of fused-ring (bicyclic) bond motifs is 1. The Morgan fingerprint density at radius 2 is 2.00 bits per heavy atom. The summed E-state index contributed by atoms with van der Waals surface area (Å²) >= 11 is 0. The summed E-state index contributed by atoms with van der Waals surface area (Å²) in [5.74, 6) is -1.86. The van der Waals surface area contributed by atoms with E-state index >= 15 is 0 Å². The summed E-state index contributed by atoms with van der Waals surface area (Å²) in [6.45, 7) is 9.68. The molecule has 7 nitrogen and oxygen atoms in total. The van der Waals surface area contributed by atoms with E-state index in [1.54, 1.807) is 19.9 Å². The molecule has 1 saturated heterocycles. The summed E-state index contributed by atoms with van der Waals surface area (Å²) in [4.78, 5) is 25.4. The zero-order valence-electron chi connectivity index (χ0n) is 15.0. The second kappa shape index (κ2) is 5.89. The number of ether oxygens (including phenoxy) is 3. The summed E-state index contributed by atoms with van der Waals surface area (Å²) < 4.78 is 32.5. The molecule has 1 aliphatic heterocycles. The predicted molar refractivity (Wildman–Crippen MR) is 87.9 cm³/mol. The van der Waals surface area contributed by atoms with Gasteiger partial charge in [-0.25, -0.2) is 4.79 Å². The molecule has 3 atom stereocenters. The van der Waals surface area contributed by atoms with Gasteiger partial charge < -0.3 is 14.2 Å². The van der Waals surface area contributed by atoms with Gasteiger partial charge >= 0.3 is 5.69 Å². The van der Waals surface area contributed by atoms with Crippen LogP contribution in [0.4, 0.5) is 4.39 Å². The van der Waals surface area contributed by atoms with Gasteiger partial charge in [0.25, 0.3) is 5.56 Å². The fourth-order valence-electron chi connectivity index (χ4n) is 3.09. The Morgan fingerprint density at radius 3 is 2.64 bits per heavy atom. The number of aromatic amines is 1. The first-order valence-electron chi connectivity index (χ1n) is 8.18. The highest BCUT2D eigenvalue weighted by Crippen LogP contribution is 2.43. The molecule has 1 aromatic heterocycles. The molecule has 1 aromatic rings. The zero-order valence-corrected chi connectivity index (χ0v) is 15.0. The topological polar surface area (TPSA) is 82.6 Å². The summed E-state index contributed by atoms with van der Waals surface area (Å²) in [6, 6.07) is -0.593. The number of H-pyrrole nitrogens is 1. The van der Waals surface area contributed by atoms with Crippen molar-refractivity contribution >= 4 is 0 Å². The van der Waals surface area contributed by atoms with Gasteiger partial charge in [-0.1, -0.05) is 6.08 Å². The molecule has 2 heterocycles. The lowest BCUT2D eigenvalue weighted by molar-refractivity contribution is -0.148. The monoisotopic (exact) mass is 354 g/mol. The van der Waals surface area contributed by atoms with Gasteiger partial charge in [0.1, 0.15) is 12.2 Å². The van der Waals surface area contributed by atoms with Crippen LogP contribution in [0.5, 0.6) is 0 Å². The second-order valence-electron chi connectivity index (χ2n) is 7.80. The SMILES string of the molecule is CC(C)(C)OCC1=C[C@H](n2cc(F)c(=O)[nH]c2=O)[C@H]2OC(C)(C)O[C@@H]12. The van der Waals surface area contributed by atoms with Gasteiger partial charge in [-0.3, -0.25) is 14.3 Å². The van der Waals surface area contributed by atoms with Crippen LogP contribution < -0.4 is 11.2 Å². The van der Waals surface area contributed by atoms with E-state index in [-0.39, 0.29) is 5.60 Å². The van der Waals surface area contributed by atoms with Crippen molar-refractivity contribution < 1.29 is 18.6 Å². The number of hydrogen-bond donors (Lipinski definition) is 1. The zero-order chi connectivity index (χ0) is 18.6. The lowest BCUT2D eigenvalue weighted by Crippen LogP contribution is -2.38. The number of rotatable bonds is 3. The van der Waals surface area contributed by atoms with E-state index in [2.05, 4.69) is 0 Å². The van der Waals surface area contributed by atoms with Crippen LogP contribution in [0.15, 0.2) is 27.4 Å². The van der Waals surface area contributed by atoms with Crippen LogP contribution in [0, 0.1) is 5.82 Å². The van der Waals surface area contributed by atoms with Gasteiger partial charge in [0.05, 0.1) is 24.4 Å². The number of aromatic nitrogens is 2. The van der Waals surface area contributed by atoms with Gasteiger partial charge in [0, 0.05) is 0 Å². The molecule has 0 spiro atoms. The van der Waals surface area contributed by atoms with Crippen molar-refractivity contribution in [3.8, 4) is 0 Å². The van der Waals surface area contributed by atoms with Crippen molar-refractivity contribution in [3.05, 3.63) is 44.5 Å². The minimum absolute atomic E-state index is 0.307. The Morgan fingerprint density at radius 1 is 1.32 bits per heavy atom. The standard InChI is InChI=1S/C17H23FN2O5/c1-16(2,3)23-8-9-6-11(13-12(9)24-17(4,5)25-13)20-7-10(18)14(21)19-15(20)22/h6-7,11-13H,8H2,1-5H3,(H,19,21,22)/t11-,12-,13+/m0/s1. The third-order valence-corrected chi connectivity index (χ3v) is 4.13. The minimum atomic E-state index is -1.04. The Hall–Kier alpha value is -1.77. The Labute approximate surface area is 144 Å². The maximum Gasteiger partial charge on any atom is 0.329 e. The van der Waals surface area contributed by atoms with Crippen LogP contribution >= 0.6 is 0 Å². The highest BCUT2D eigenvalue weighted by molar-refractivity contribution is 5.26. The first kappa shape index (κ1) is 18.0. The summed E-state index contributed by atoms with van der Waals surface area (Å²) in [6.07, 6.45) is 1.79. The number of nitrogens with zero attached hydrogens (tertiary/aromatic N) is 1. The molecular weight excluding hydrogens is 331 g/mol. The molecule has 0 amide bonds. The summed E-state index contributed by atoms with van der Waals surface area (Å²) in [5, 5.41) is 0. The molecule has 0 saturated carbocycles. The van der Waals surface area contributed by atoms with E-state index in [1.807, 2.05) is 25.8 Å². The number of nitrogens with one attached hydrogen (secondary N) is 1. The van der Waals surface area contributed by atoms with E-state index in [9.17, 15) is 14.0 Å². The van der Waals surface area contributed by atoms with Crippen LogP contribution in [-0.4, -0.2) is 39.8 Å². The third kappa shape index (κ3) is 3.61. The highest BCUT2D eigenvalue weighted by Gasteiger charge is 2.51. The number of hydrogen-bond acceptors (Lipinski definition) is 5. The Bertz CT molecular complexity index is 818. The molecular formula is C17H23FN2O5. The normalized spacial score (nSPS) is 28.1. The summed E-state index contributed by atoms with van der Waals surface area (Å²) in [5.41, 5.74) is -1.25. The van der Waals surface area contributed by atoms with Gasteiger partial charge in [-0.15, -0.1) is 0 Å². The van der Waals surface area contributed by atoms with Crippen LogP contribution in [0.25, 0.3) is 0 Å². The van der Waals surface area contributed by atoms with E-state index in [4.69, 9.17) is 14.2 Å². The van der Waals surface area contributed by atoms with Gasteiger partial charge in [0.15, 0.2) is 5.79 Å². The number of halogens is 1. The van der Waals surface area contributed by atoms with Crippen LogP contribution in [0.1, 0.15) is 40.7 Å². The van der Waals surface area contributed by atoms with Gasteiger partial charge in [0.2, 0.25) is 5.82 Å². The van der Waals surface area contributed by atoms with Crippen molar-refractivity contribution in [1.29, 1.82) is 0 Å². The fourth-order valence-corrected chi connectivity index (χ4v) is 3.09. The van der Waals surface area contributed by atoms with Crippen molar-refractivity contribution in [1.82, 2.24) is 9.55 Å². The molecule has 138 valence electrons. The van der Waals surface area contributed by atoms with Crippen LogP contribution in [0.3, 0.4) is 0 Å². The molecule has 0 bridgehead atoms. The van der Waals surface area contributed by atoms with Crippen molar-refractivity contribution in [2.45, 2.75) is 64.3 Å². The first-order chi connectivity index (χ1) is 11.5. The van der Waals surface area contributed by atoms with E-state index < -0.39 is 41.1 Å². The van der Waals surface area contributed by atoms with Crippen molar-refractivity contribution in [3.63, 3.8) is 0 Å². The van der Waals surface area contributed by atoms with Crippen LogP contribution in [-0.2, 0) is 14.2 Å². The lowest BCUT2D eigenvalue weighted by atomic mass is 10.1. The average Bonchev–Trinajstić information content (AvgIpc) is 2.93. The minimum Gasteiger partial charge on any atom is -0.371 e. The Kier molecular flexibility index (Phi) is 4.25. The molecule has 2 aliphatic rings. The molecule has 1 aliphatic carbocycles. The molecule has 8 heteroatoms. The molecule has 0 radical (unpaired) electrons. The first-order valence-corrected chi connectivity index (χ1v) is 8.18. The molecule has 0 unspecified atom stereocenters. The fraction of sp³-hybridized carbons (Fsp3) is 0.647. The third-order valence-electron chi connectivity index (χ3n) is 4.13. The second-order valence-corrected chi connectivity index (χ2v) is 7.80. The highest BCUT2D eigenvalue weighted by atomic mass is 19.1. The molecule has 0 aromatic carbocycles. The van der Waals surface area contributed by atoms with E-state index in [0.29, 0.717) is 6.61 Å². The smallest absolute Gasteiger partial charge is 0.329 e. The van der Waals surface area contributed by atoms with Crippen molar-refractivity contribution in [2.75, 3.05) is 6.61 Å². The molecule has 3 rings (SSSR count). The van der Waals surface area contributed by atoms with Gasteiger partial charge in [-0.05, 0) is 40.2 Å². The van der Waals surface area contributed by atoms with Crippen molar-refractivity contribution in [2.24, 2.45) is 0 Å². The maximum absolute atomic E-state index is 13.7. The Balaban J connectivity index is 1.98. The summed E-state index contributed by atoms with van der Waals surface area (Å²) in [7, 11) is 0. The van der Waals surface area contributed by atoms with E-state index in [0.717, 1.165) is 16.3 Å². The maximum atomic E-state index is 13.7. The van der Waals surface area contributed by atoms with Crippen LogP contribution in [0.2, 0.25) is 0 Å². The lowest BCUT2D eigenvalue weighted by Gasteiger charge is -2.23. The molecule has 25 heavy (non-hydrogen) atoms. The molecule has 1 N–H and O–H groups in total. The predicted octanol–water partition coefficient (Wildman–Crippen LogP) is 1.49. The quantitative estimate of drug-likeness (QED) is 0.832. The van der Waals surface area contributed by atoms with E-state index in [1.165, 1.54) is 0 Å². The largest absolute Gasteiger partial charge is 0.371 e. The van der Waals surface area contributed by atoms with Gasteiger partial charge in [-0.2, -0.15) is 4.39 Å². The molecule has 1 fully saturated rings. The average molecular weight is 354 g/mol.